The van der Waals surface area contributed by atoms with E-state index < -0.39 is 5.97 Å². The molecule has 0 radical (unpaired) electrons. The third kappa shape index (κ3) is 5.85. The molecule has 36 heavy (non-hydrogen) atoms. The van der Waals surface area contributed by atoms with E-state index in [1.54, 1.807) is 6.07 Å². The van der Waals surface area contributed by atoms with Gasteiger partial charge in [0, 0.05) is 28.1 Å². The van der Waals surface area contributed by atoms with Crippen molar-refractivity contribution in [2.24, 2.45) is 5.92 Å². The Morgan fingerprint density at radius 2 is 1.75 bits per heavy atom. The first-order chi connectivity index (χ1) is 17.4. The molecule has 0 bridgehead atoms. The molecule has 190 valence electrons. The lowest BCUT2D eigenvalue weighted by atomic mass is 9.95. The van der Waals surface area contributed by atoms with E-state index in [-0.39, 0.29) is 17.4 Å². The molecular formula is C25H27BrN4O6. The number of hydrogen-bond donors (Lipinski definition) is 1. The van der Waals surface area contributed by atoms with Gasteiger partial charge in [0.25, 0.3) is 0 Å². The second-order valence-electron chi connectivity index (χ2n) is 8.30. The van der Waals surface area contributed by atoms with E-state index in [0.717, 1.165) is 10.0 Å². The number of nitrogens with one attached hydrogen (secondary N) is 1. The lowest BCUT2D eigenvalue weighted by Gasteiger charge is -2.30. The highest BCUT2D eigenvalue weighted by molar-refractivity contribution is 9.10. The zero-order chi connectivity index (χ0) is 25.7. The van der Waals surface area contributed by atoms with E-state index in [1.807, 2.05) is 24.3 Å². The summed E-state index contributed by atoms with van der Waals surface area (Å²) in [7, 11) is 4.24. The highest BCUT2D eigenvalue weighted by atomic mass is 79.9. The minimum absolute atomic E-state index is 0.165. The van der Waals surface area contributed by atoms with Crippen molar-refractivity contribution in [3.05, 3.63) is 52.3 Å². The number of halogens is 1. The number of ether oxygens (including phenoxy) is 3. The van der Waals surface area contributed by atoms with Crippen molar-refractivity contribution < 1.29 is 28.3 Å². The van der Waals surface area contributed by atoms with Crippen LogP contribution in [0.25, 0.3) is 11.4 Å². The van der Waals surface area contributed by atoms with Crippen LogP contribution in [-0.4, -0.2) is 61.3 Å². The van der Waals surface area contributed by atoms with Crippen LogP contribution in [0.3, 0.4) is 0 Å². The third-order valence-corrected chi connectivity index (χ3v) is 6.60. The van der Waals surface area contributed by atoms with Gasteiger partial charge in [-0.15, -0.1) is 0 Å². The van der Waals surface area contributed by atoms with E-state index in [0.29, 0.717) is 61.4 Å². The van der Waals surface area contributed by atoms with Gasteiger partial charge in [-0.2, -0.15) is 4.98 Å². The van der Waals surface area contributed by atoms with Crippen LogP contribution in [0.15, 0.2) is 45.4 Å². The van der Waals surface area contributed by atoms with Gasteiger partial charge in [-0.05, 0) is 50.2 Å². The Hall–Kier alpha value is -3.44. The van der Waals surface area contributed by atoms with Gasteiger partial charge in [0.15, 0.2) is 11.5 Å². The van der Waals surface area contributed by atoms with Gasteiger partial charge in [-0.25, -0.2) is 4.79 Å². The van der Waals surface area contributed by atoms with Crippen LogP contribution in [0.4, 0.5) is 5.69 Å². The van der Waals surface area contributed by atoms with Gasteiger partial charge >= 0.3 is 5.97 Å². The Morgan fingerprint density at radius 3 is 2.39 bits per heavy atom. The van der Waals surface area contributed by atoms with Crippen LogP contribution in [0, 0.1) is 5.92 Å². The molecule has 1 fully saturated rings. The highest BCUT2D eigenvalue weighted by Crippen LogP contribution is 2.34. The van der Waals surface area contributed by atoms with Crippen LogP contribution < -0.4 is 14.8 Å². The number of aromatic nitrogens is 2. The van der Waals surface area contributed by atoms with Gasteiger partial charge in [0.2, 0.25) is 17.6 Å². The Balaban J connectivity index is 1.36. The molecule has 0 spiro atoms. The second-order valence-corrected chi connectivity index (χ2v) is 9.22. The molecule has 11 heteroatoms. The number of piperidine rings is 1. The first-order valence-corrected chi connectivity index (χ1v) is 12.2. The summed E-state index contributed by atoms with van der Waals surface area (Å²) in [5.41, 5.74) is 1.39. The SMILES string of the molecule is COC(=O)c1cc(OC)c(OC)cc1NC(=O)C1CCN(Cc2nc(-c3ccc(Br)cc3)no2)CC1. The molecule has 1 saturated heterocycles. The predicted octanol–water partition coefficient (Wildman–Crippen LogP) is 4.15. The van der Waals surface area contributed by atoms with Gasteiger partial charge in [-0.1, -0.05) is 21.1 Å². The van der Waals surface area contributed by atoms with E-state index in [1.165, 1.54) is 27.4 Å². The van der Waals surface area contributed by atoms with Crippen molar-refractivity contribution in [3.63, 3.8) is 0 Å². The van der Waals surface area contributed by atoms with Crippen LogP contribution in [-0.2, 0) is 16.1 Å². The van der Waals surface area contributed by atoms with Crippen molar-refractivity contribution in [1.29, 1.82) is 0 Å². The topological polar surface area (TPSA) is 116 Å². The van der Waals surface area contributed by atoms with E-state index in [2.05, 4.69) is 36.3 Å². The fourth-order valence-corrected chi connectivity index (χ4v) is 4.34. The second kappa shape index (κ2) is 11.5. The molecule has 0 saturated carbocycles. The van der Waals surface area contributed by atoms with Crippen molar-refractivity contribution in [1.82, 2.24) is 15.0 Å². The number of amides is 1. The molecule has 1 aromatic heterocycles. The standard InChI is InChI=1S/C25H27BrN4O6/c1-33-20-12-18(25(32)35-3)19(13-21(20)34-2)27-24(31)16-8-10-30(11-9-16)14-22-28-23(29-36-22)15-4-6-17(26)7-5-15/h4-7,12-13,16H,8-11,14H2,1-3H3,(H,27,31). The van der Waals surface area contributed by atoms with Crippen molar-refractivity contribution >= 4 is 33.5 Å². The van der Waals surface area contributed by atoms with Gasteiger partial charge in [0.05, 0.1) is 39.1 Å². The monoisotopic (exact) mass is 558 g/mol. The average molecular weight is 559 g/mol. The quantitative estimate of drug-likeness (QED) is 0.407. The summed E-state index contributed by atoms with van der Waals surface area (Å²) >= 11 is 3.42. The molecule has 1 aliphatic heterocycles. The number of esters is 1. The highest BCUT2D eigenvalue weighted by Gasteiger charge is 2.28. The molecule has 0 atom stereocenters. The molecule has 4 rings (SSSR count). The minimum atomic E-state index is -0.580. The van der Waals surface area contributed by atoms with Crippen molar-refractivity contribution in [2.75, 3.05) is 39.7 Å². The van der Waals surface area contributed by atoms with Gasteiger partial charge in [-0.3, -0.25) is 9.69 Å². The summed E-state index contributed by atoms with van der Waals surface area (Å²) in [4.78, 5) is 32.0. The Morgan fingerprint density at radius 1 is 1.08 bits per heavy atom. The number of methoxy groups -OCH3 is 3. The Bertz CT molecular complexity index is 1220. The number of benzene rings is 2. The number of carbonyl (C=O) groups excluding carboxylic acids is 2. The number of hydrogen-bond acceptors (Lipinski definition) is 9. The van der Waals surface area contributed by atoms with E-state index in [9.17, 15) is 9.59 Å². The summed E-state index contributed by atoms with van der Waals surface area (Å²) in [6.45, 7) is 1.91. The predicted molar refractivity (Wildman–Crippen MR) is 135 cm³/mol. The number of likely N-dealkylation sites (tertiary alicyclic amines) is 1. The maximum atomic E-state index is 13.0. The summed E-state index contributed by atoms with van der Waals surface area (Å²) in [6, 6.07) is 10.8. The first kappa shape index (κ1) is 25.6. The van der Waals surface area contributed by atoms with Gasteiger partial charge in [0.1, 0.15) is 0 Å². The van der Waals surface area contributed by atoms with Crippen molar-refractivity contribution in [3.8, 4) is 22.9 Å². The van der Waals surface area contributed by atoms with E-state index in [4.69, 9.17) is 18.7 Å². The number of anilines is 1. The number of nitrogens with zero attached hydrogens (tertiary/aromatic N) is 3. The Labute approximate surface area is 217 Å². The third-order valence-electron chi connectivity index (χ3n) is 6.07. The molecule has 1 amide bonds. The molecule has 2 heterocycles. The average Bonchev–Trinajstić information content (AvgIpc) is 3.37. The van der Waals surface area contributed by atoms with Crippen LogP contribution in [0.1, 0.15) is 29.1 Å². The fourth-order valence-electron chi connectivity index (χ4n) is 4.08. The molecule has 0 aliphatic carbocycles. The summed E-state index contributed by atoms with van der Waals surface area (Å²) in [6.07, 6.45) is 1.31. The zero-order valence-electron chi connectivity index (χ0n) is 20.2. The van der Waals surface area contributed by atoms with E-state index >= 15 is 0 Å². The van der Waals surface area contributed by atoms with Crippen molar-refractivity contribution in [2.45, 2.75) is 19.4 Å². The number of rotatable bonds is 8. The summed E-state index contributed by atoms with van der Waals surface area (Å²) in [5.74, 6) is 0.893. The lowest BCUT2D eigenvalue weighted by molar-refractivity contribution is -0.121. The minimum Gasteiger partial charge on any atom is -0.493 e. The van der Waals surface area contributed by atoms with Crippen LogP contribution in [0.5, 0.6) is 11.5 Å². The van der Waals surface area contributed by atoms with Gasteiger partial charge < -0.3 is 24.1 Å². The molecule has 1 N–H and O–H groups in total. The number of carbonyl (C=O) groups is 2. The molecule has 10 nitrogen and oxygen atoms in total. The molecular weight excluding hydrogens is 532 g/mol. The zero-order valence-corrected chi connectivity index (χ0v) is 21.8. The summed E-state index contributed by atoms with van der Waals surface area (Å²) < 4.78 is 21.9. The molecule has 0 unspecified atom stereocenters. The fraction of sp³-hybridized carbons (Fsp3) is 0.360. The van der Waals surface area contributed by atoms with Crippen LogP contribution >= 0.6 is 15.9 Å². The summed E-state index contributed by atoms with van der Waals surface area (Å²) in [5, 5.41) is 6.95. The lowest BCUT2D eigenvalue weighted by Crippen LogP contribution is -2.38. The maximum absolute atomic E-state index is 13.0. The molecule has 1 aliphatic rings. The maximum Gasteiger partial charge on any atom is 0.340 e. The Kier molecular flexibility index (Phi) is 8.21. The smallest absolute Gasteiger partial charge is 0.340 e. The van der Waals surface area contributed by atoms with Crippen LogP contribution in [0.2, 0.25) is 0 Å². The molecule has 2 aromatic carbocycles. The largest absolute Gasteiger partial charge is 0.493 e. The normalized spacial score (nSPS) is 14.3. The first-order valence-electron chi connectivity index (χ1n) is 11.4. The molecule has 3 aromatic rings.